The summed E-state index contributed by atoms with van der Waals surface area (Å²) in [6, 6.07) is 10.8. The zero-order chi connectivity index (χ0) is 18.1. The minimum Gasteiger partial charge on any atom is -0.326 e. The second-order valence-corrected chi connectivity index (χ2v) is 7.14. The number of halogens is 2. The van der Waals surface area contributed by atoms with Crippen molar-refractivity contribution in [1.29, 1.82) is 0 Å². The van der Waals surface area contributed by atoms with Gasteiger partial charge in [-0.3, -0.25) is 9.59 Å². The average Bonchev–Trinajstić information content (AvgIpc) is 3.35. The zero-order valence-corrected chi connectivity index (χ0v) is 15.4. The van der Waals surface area contributed by atoms with E-state index in [1.807, 2.05) is 32.0 Å². The maximum Gasteiger partial charge on any atom is 0.228 e. The Hall–Kier alpha value is -2.04. The predicted molar refractivity (Wildman–Crippen MR) is 101 cm³/mol. The Balaban J connectivity index is 1.60. The Kier molecular flexibility index (Phi) is 5.02. The van der Waals surface area contributed by atoms with E-state index in [9.17, 15) is 9.59 Å². The summed E-state index contributed by atoms with van der Waals surface area (Å²) < 4.78 is 0. The number of hydrogen-bond donors (Lipinski definition) is 2. The fraction of sp³-hybridized carbons (Fsp3) is 0.263. The first-order valence-electron chi connectivity index (χ1n) is 8.00. The molecule has 2 amide bonds. The van der Waals surface area contributed by atoms with Gasteiger partial charge in [0.1, 0.15) is 0 Å². The van der Waals surface area contributed by atoms with Crippen LogP contribution in [0.25, 0.3) is 0 Å². The molecule has 2 unspecified atom stereocenters. The normalized spacial score (nSPS) is 18.6. The molecule has 0 bridgehead atoms. The highest BCUT2D eigenvalue weighted by atomic mass is 35.5. The molecule has 2 atom stereocenters. The van der Waals surface area contributed by atoms with Gasteiger partial charge in [-0.1, -0.05) is 35.3 Å². The molecule has 0 spiro atoms. The monoisotopic (exact) mass is 376 g/mol. The van der Waals surface area contributed by atoms with Gasteiger partial charge in [0.05, 0.1) is 27.6 Å². The first-order valence-corrected chi connectivity index (χ1v) is 8.75. The van der Waals surface area contributed by atoms with Crippen molar-refractivity contribution < 1.29 is 9.59 Å². The summed E-state index contributed by atoms with van der Waals surface area (Å²) in [5.41, 5.74) is 3.40. The maximum absolute atomic E-state index is 12.3. The summed E-state index contributed by atoms with van der Waals surface area (Å²) in [4.78, 5) is 24.7. The molecule has 1 aliphatic rings. The molecule has 2 N–H and O–H groups in total. The Morgan fingerprint density at radius 2 is 1.52 bits per heavy atom. The predicted octanol–water partition coefficient (Wildman–Crippen LogP) is 4.82. The summed E-state index contributed by atoms with van der Waals surface area (Å²) in [7, 11) is 0. The van der Waals surface area contributed by atoms with Crippen molar-refractivity contribution in [3.8, 4) is 0 Å². The van der Waals surface area contributed by atoms with E-state index in [4.69, 9.17) is 23.2 Å². The lowest BCUT2D eigenvalue weighted by atomic mass is 10.1. The van der Waals surface area contributed by atoms with Gasteiger partial charge in [0.15, 0.2) is 0 Å². The summed E-state index contributed by atoms with van der Waals surface area (Å²) in [6.07, 6.45) is 0.518. The minimum atomic E-state index is -0.362. The van der Waals surface area contributed by atoms with Crippen LogP contribution < -0.4 is 10.6 Å². The fourth-order valence-electron chi connectivity index (χ4n) is 2.66. The fourth-order valence-corrected chi connectivity index (χ4v) is 3.15. The van der Waals surface area contributed by atoms with E-state index in [1.54, 1.807) is 18.2 Å². The van der Waals surface area contributed by atoms with Crippen molar-refractivity contribution in [1.82, 2.24) is 0 Å². The van der Waals surface area contributed by atoms with Gasteiger partial charge in [-0.2, -0.15) is 0 Å². The first kappa shape index (κ1) is 17.8. The van der Waals surface area contributed by atoms with Crippen LogP contribution in [0.4, 0.5) is 11.4 Å². The van der Waals surface area contributed by atoms with Gasteiger partial charge in [0, 0.05) is 5.69 Å². The van der Waals surface area contributed by atoms with Crippen LogP contribution in [-0.4, -0.2) is 11.8 Å². The molecule has 0 radical (unpaired) electrons. The Bertz CT molecular complexity index is 831. The van der Waals surface area contributed by atoms with Crippen molar-refractivity contribution in [2.24, 2.45) is 11.8 Å². The summed E-state index contributed by atoms with van der Waals surface area (Å²) in [6.45, 7) is 4.01. The second-order valence-electron chi connectivity index (χ2n) is 6.32. The number of carbonyl (C=O) groups is 2. The number of aryl methyl sites for hydroxylation is 2. The van der Waals surface area contributed by atoms with E-state index in [-0.39, 0.29) is 23.7 Å². The quantitative estimate of drug-likeness (QED) is 0.802. The molecule has 6 heteroatoms. The number of para-hydroxylation sites is 1. The Labute approximate surface area is 156 Å². The molecule has 2 aromatic carbocycles. The molecule has 2 aromatic rings. The number of carbonyl (C=O) groups excluding carboxylic acids is 2. The van der Waals surface area contributed by atoms with Crippen LogP contribution in [-0.2, 0) is 9.59 Å². The minimum absolute atomic E-state index is 0.145. The average molecular weight is 377 g/mol. The molecule has 1 aliphatic carbocycles. The van der Waals surface area contributed by atoms with Crippen molar-refractivity contribution >= 4 is 46.4 Å². The van der Waals surface area contributed by atoms with Gasteiger partial charge < -0.3 is 10.6 Å². The SMILES string of the molecule is Cc1ccc(NC(=O)C2CC2C(=O)Nc2c(Cl)cccc2Cl)cc1C. The Morgan fingerprint density at radius 3 is 2.12 bits per heavy atom. The van der Waals surface area contributed by atoms with Crippen LogP contribution in [0.15, 0.2) is 36.4 Å². The Morgan fingerprint density at radius 1 is 0.920 bits per heavy atom. The van der Waals surface area contributed by atoms with Gasteiger partial charge in [-0.05, 0) is 55.7 Å². The van der Waals surface area contributed by atoms with Gasteiger partial charge >= 0.3 is 0 Å². The van der Waals surface area contributed by atoms with E-state index in [0.29, 0.717) is 22.2 Å². The van der Waals surface area contributed by atoms with E-state index in [2.05, 4.69) is 10.6 Å². The van der Waals surface area contributed by atoms with Crippen molar-refractivity contribution in [3.05, 3.63) is 57.6 Å². The van der Waals surface area contributed by atoms with Crippen LogP contribution in [0.3, 0.4) is 0 Å². The molecule has 0 saturated heterocycles. The van der Waals surface area contributed by atoms with Crippen LogP contribution in [0, 0.1) is 25.7 Å². The molecule has 1 saturated carbocycles. The molecule has 3 rings (SSSR count). The highest BCUT2D eigenvalue weighted by Crippen LogP contribution is 2.41. The van der Waals surface area contributed by atoms with Crippen molar-refractivity contribution in [3.63, 3.8) is 0 Å². The van der Waals surface area contributed by atoms with Gasteiger partial charge in [0.2, 0.25) is 11.8 Å². The number of rotatable bonds is 4. The van der Waals surface area contributed by atoms with Gasteiger partial charge in [-0.25, -0.2) is 0 Å². The van der Waals surface area contributed by atoms with Crippen LogP contribution in [0.5, 0.6) is 0 Å². The second kappa shape index (κ2) is 7.06. The number of amides is 2. The topological polar surface area (TPSA) is 58.2 Å². The smallest absolute Gasteiger partial charge is 0.228 e. The molecule has 1 fully saturated rings. The van der Waals surface area contributed by atoms with Crippen molar-refractivity contribution in [2.45, 2.75) is 20.3 Å². The highest BCUT2D eigenvalue weighted by molar-refractivity contribution is 6.39. The number of hydrogen-bond acceptors (Lipinski definition) is 2. The number of nitrogens with one attached hydrogen (secondary N) is 2. The third kappa shape index (κ3) is 3.97. The zero-order valence-electron chi connectivity index (χ0n) is 13.9. The highest BCUT2D eigenvalue weighted by Gasteiger charge is 2.48. The third-order valence-electron chi connectivity index (χ3n) is 4.45. The van der Waals surface area contributed by atoms with E-state index < -0.39 is 0 Å². The van der Waals surface area contributed by atoms with Gasteiger partial charge in [0.25, 0.3) is 0 Å². The summed E-state index contributed by atoms with van der Waals surface area (Å²) >= 11 is 12.1. The first-order chi connectivity index (χ1) is 11.9. The molecular formula is C19H18Cl2N2O2. The third-order valence-corrected chi connectivity index (χ3v) is 5.08. The molecular weight excluding hydrogens is 359 g/mol. The molecule has 0 heterocycles. The van der Waals surface area contributed by atoms with E-state index >= 15 is 0 Å². The summed E-state index contributed by atoms with van der Waals surface area (Å²) in [5, 5.41) is 6.34. The molecule has 130 valence electrons. The van der Waals surface area contributed by atoms with E-state index in [1.165, 1.54) is 5.56 Å². The summed E-state index contributed by atoms with van der Waals surface area (Å²) in [5.74, 6) is -1.08. The lowest BCUT2D eigenvalue weighted by Gasteiger charge is -2.09. The number of anilines is 2. The standard InChI is InChI=1S/C19H18Cl2N2O2/c1-10-6-7-12(8-11(10)2)22-18(24)13-9-14(13)19(25)23-17-15(20)4-3-5-16(17)21/h3-8,13-14H,9H2,1-2H3,(H,22,24)(H,23,25). The van der Waals surface area contributed by atoms with Gasteiger partial charge in [-0.15, -0.1) is 0 Å². The molecule has 0 aromatic heterocycles. The lowest BCUT2D eigenvalue weighted by molar-refractivity contribution is -0.122. The lowest BCUT2D eigenvalue weighted by Crippen LogP contribution is -2.21. The molecule has 4 nitrogen and oxygen atoms in total. The largest absolute Gasteiger partial charge is 0.326 e. The maximum atomic E-state index is 12.3. The molecule has 25 heavy (non-hydrogen) atoms. The molecule has 0 aliphatic heterocycles. The number of benzene rings is 2. The van der Waals surface area contributed by atoms with Crippen molar-refractivity contribution in [2.75, 3.05) is 10.6 Å². The van der Waals surface area contributed by atoms with Crippen LogP contribution in [0.2, 0.25) is 10.0 Å². The van der Waals surface area contributed by atoms with E-state index in [0.717, 1.165) is 11.3 Å². The van der Waals surface area contributed by atoms with Crippen LogP contribution in [0.1, 0.15) is 17.5 Å². The van der Waals surface area contributed by atoms with Crippen LogP contribution >= 0.6 is 23.2 Å².